The minimum atomic E-state index is -1.12. The second-order valence-corrected chi connectivity index (χ2v) is 9.28. The monoisotopic (exact) mass is 476 g/mol. The third kappa shape index (κ3) is 4.38. The van der Waals surface area contributed by atoms with Crippen molar-refractivity contribution < 1.29 is 23.1 Å². The Bertz CT molecular complexity index is 1270. The Balaban J connectivity index is 1.27. The van der Waals surface area contributed by atoms with Crippen molar-refractivity contribution in [2.75, 3.05) is 19.6 Å². The summed E-state index contributed by atoms with van der Waals surface area (Å²) in [6.07, 6.45) is 0.508. The first kappa shape index (κ1) is 23.0. The summed E-state index contributed by atoms with van der Waals surface area (Å²) in [5.41, 5.74) is 2.37. The van der Waals surface area contributed by atoms with Gasteiger partial charge in [-0.3, -0.25) is 9.69 Å². The van der Waals surface area contributed by atoms with Gasteiger partial charge in [0.1, 0.15) is 5.60 Å². The van der Waals surface area contributed by atoms with Crippen molar-refractivity contribution in [1.82, 2.24) is 9.80 Å². The van der Waals surface area contributed by atoms with E-state index >= 15 is 0 Å². The van der Waals surface area contributed by atoms with E-state index in [0.717, 1.165) is 16.7 Å². The van der Waals surface area contributed by atoms with Crippen LogP contribution in [0.25, 0.3) is 11.1 Å². The zero-order chi connectivity index (χ0) is 24.6. The Morgan fingerprint density at radius 2 is 1.63 bits per heavy atom. The molecule has 0 aliphatic carbocycles. The molecular formula is C28H26F2N2O3. The summed E-state index contributed by atoms with van der Waals surface area (Å²) in [6, 6.07) is 20.7. The number of halogens is 2. The van der Waals surface area contributed by atoms with Crippen LogP contribution in [0.5, 0.6) is 0 Å². The van der Waals surface area contributed by atoms with E-state index in [2.05, 4.69) is 0 Å². The van der Waals surface area contributed by atoms with Gasteiger partial charge >= 0.3 is 6.09 Å². The fourth-order valence-electron chi connectivity index (χ4n) is 4.94. The number of hydrogen-bond acceptors (Lipinski definition) is 3. The molecule has 0 aromatic heterocycles. The molecule has 3 aromatic rings. The van der Waals surface area contributed by atoms with Crippen molar-refractivity contribution in [3.8, 4) is 11.1 Å². The van der Waals surface area contributed by atoms with Crippen LogP contribution in [0.2, 0.25) is 0 Å². The second-order valence-electron chi connectivity index (χ2n) is 9.28. The van der Waals surface area contributed by atoms with Crippen LogP contribution in [0.3, 0.4) is 0 Å². The lowest BCUT2D eigenvalue weighted by molar-refractivity contribution is 0.00299. The first-order valence-electron chi connectivity index (χ1n) is 11.7. The molecule has 5 rings (SSSR count). The van der Waals surface area contributed by atoms with Gasteiger partial charge in [-0.05, 0) is 35.2 Å². The number of rotatable bonds is 4. The molecule has 2 aliphatic rings. The average Bonchev–Trinajstić information content (AvgIpc) is 3.17. The van der Waals surface area contributed by atoms with Gasteiger partial charge in [0, 0.05) is 32.5 Å². The van der Waals surface area contributed by atoms with Crippen LogP contribution in [0.4, 0.5) is 13.6 Å². The molecule has 0 saturated carbocycles. The van der Waals surface area contributed by atoms with E-state index in [0.29, 0.717) is 39.0 Å². The predicted octanol–water partition coefficient (Wildman–Crippen LogP) is 5.57. The van der Waals surface area contributed by atoms with E-state index in [9.17, 15) is 18.4 Å². The van der Waals surface area contributed by atoms with Crippen LogP contribution in [-0.4, -0.2) is 47.0 Å². The third-order valence-corrected chi connectivity index (χ3v) is 6.97. The van der Waals surface area contributed by atoms with Crippen molar-refractivity contribution in [3.05, 3.63) is 95.1 Å². The Labute approximate surface area is 202 Å². The number of nitrogens with zero attached hydrogens (tertiary/aromatic N) is 2. The third-order valence-electron chi connectivity index (χ3n) is 6.97. The highest BCUT2D eigenvalue weighted by Crippen LogP contribution is 2.35. The fourth-order valence-corrected chi connectivity index (χ4v) is 4.94. The Kier molecular flexibility index (Phi) is 6.01. The van der Waals surface area contributed by atoms with Gasteiger partial charge in [-0.2, -0.15) is 0 Å². The number of hydrogen-bond donors (Lipinski definition) is 0. The Morgan fingerprint density at radius 3 is 2.37 bits per heavy atom. The molecule has 1 spiro atoms. The van der Waals surface area contributed by atoms with Crippen LogP contribution in [-0.2, 0) is 11.3 Å². The summed E-state index contributed by atoms with van der Waals surface area (Å²) in [6.45, 7) is 2.90. The van der Waals surface area contributed by atoms with Crippen molar-refractivity contribution in [1.29, 1.82) is 0 Å². The first-order valence-corrected chi connectivity index (χ1v) is 11.7. The van der Waals surface area contributed by atoms with E-state index in [1.54, 1.807) is 4.90 Å². The molecule has 0 radical (unpaired) electrons. The van der Waals surface area contributed by atoms with Gasteiger partial charge in [0.2, 0.25) is 0 Å². The lowest BCUT2D eigenvalue weighted by atomic mass is 9.90. The second kappa shape index (κ2) is 9.13. The Morgan fingerprint density at radius 1 is 0.943 bits per heavy atom. The van der Waals surface area contributed by atoms with Crippen LogP contribution in [0.15, 0.2) is 66.7 Å². The molecule has 35 heavy (non-hydrogen) atoms. The SMILES string of the molecule is Cc1ccc(C(=O)N2CCC3(CC2)CN(Cc2ccccc2-c2ccccc2)C(=O)O3)c(F)c1F. The van der Waals surface area contributed by atoms with Crippen LogP contribution in [0, 0.1) is 18.6 Å². The molecule has 7 heteroatoms. The van der Waals surface area contributed by atoms with Gasteiger partial charge in [0.05, 0.1) is 12.1 Å². The standard InChI is InChI=1S/C28H26F2N2O3/c1-19-11-12-23(25(30)24(19)29)26(33)31-15-13-28(14-16-31)18-32(27(34)35-28)17-21-9-5-6-10-22(21)20-7-3-2-4-8-20/h2-12H,13-18H2,1H3. The largest absolute Gasteiger partial charge is 0.441 e. The highest BCUT2D eigenvalue weighted by molar-refractivity contribution is 5.94. The molecule has 2 heterocycles. The first-order chi connectivity index (χ1) is 16.9. The molecular weight excluding hydrogens is 450 g/mol. The molecule has 3 aromatic carbocycles. The maximum Gasteiger partial charge on any atom is 0.410 e. The molecule has 0 atom stereocenters. The minimum Gasteiger partial charge on any atom is -0.441 e. The normalized spacial score (nSPS) is 17.1. The number of carbonyl (C=O) groups excluding carboxylic acids is 2. The van der Waals surface area contributed by atoms with Crippen LogP contribution < -0.4 is 0 Å². The molecule has 2 saturated heterocycles. The summed E-state index contributed by atoms with van der Waals surface area (Å²) in [5.74, 6) is -2.67. The molecule has 180 valence electrons. The summed E-state index contributed by atoms with van der Waals surface area (Å²) in [4.78, 5) is 28.8. The quantitative estimate of drug-likeness (QED) is 0.495. The van der Waals surface area contributed by atoms with Gasteiger partial charge in [-0.15, -0.1) is 0 Å². The van der Waals surface area contributed by atoms with Gasteiger partial charge in [-0.1, -0.05) is 60.7 Å². The highest BCUT2D eigenvalue weighted by atomic mass is 19.2. The average molecular weight is 477 g/mol. The molecule has 2 aliphatic heterocycles. The van der Waals surface area contributed by atoms with Gasteiger partial charge in [0.25, 0.3) is 5.91 Å². The lowest BCUT2D eigenvalue weighted by Gasteiger charge is -2.37. The minimum absolute atomic E-state index is 0.156. The van der Waals surface area contributed by atoms with Gasteiger partial charge < -0.3 is 9.64 Å². The van der Waals surface area contributed by atoms with Crippen molar-refractivity contribution in [3.63, 3.8) is 0 Å². The summed E-state index contributed by atoms with van der Waals surface area (Å²) in [5, 5.41) is 0. The fraction of sp³-hybridized carbons (Fsp3) is 0.286. The maximum absolute atomic E-state index is 14.3. The number of amides is 2. The van der Waals surface area contributed by atoms with E-state index in [4.69, 9.17) is 4.74 Å². The maximum atomic E-state index is 14.3. The number of benzene rings is 3. The van der Waals surface area contributed by atoms with Crippen molar-refractivity contribution >= 4 is 12.0 Å². The van der Waals surface area contributed by atoms with Crippen molar-refractivity contribution in [2.24, 2.45) is 0 Å². The van der Waals surface area contributed by atoms with E-state index in [1.807, 2.05) is 54.6 Å². The highest BCUT2D eigenvalue weighted by Gasteiger charge is 2.47. The number of ether oxygens (including phenoxy) is 1. The molecule has 0 unspecified atom stereocenters. The topological polar surface area (TPSA) is 49.9 Å². The van der Waals surface area contributed by atoms with Crippen LogP contribution in [0.1, 0.15) is 34.3 Å². The molecule has 2 amide bonds. The molecule has 0 bridgehead atoms. The molecule has 2 fully saturated rings. The summed E-state index contributed by atoms with van der Waals surface area (Å²) < 4.78 is 34.1. The van der Waals surface area contributed by atoms with Gasteiger partial charge in [-0.25, -0.2) is 13.6 Å². The van der Waals surface area contributed by atoms with E-state index in [1.165, 1.54) is 24.0 Å². The smallest absolute Gasteiger partial charge is 0.410 e. The summed E-state index contributed by atoms with van der Waals surface area (Å²) >= 11 is 0. The molecule has 0 N–H and O–H groups in total. The number of piperidine rings is 1. The lowest BCUT2D eigenvalue weighted by Crippen LogP contribution is -2.48. The predicted molar refractivity (Wildman–Crippen MR) is 128 cm³/mol. The van der Waals surface area contributed by atoms with Gasteiger partial charge in [0.15, 0.2) is 11.6 Å². The number of aryl methyl sites for hydroxylation is 1. The zero-order valence-electron chi connectivity index (χ0n) is 19.5. The van der Waals surface area contributed by atoms with Crippen LogP contribution >= 0.6 is 0 Å². The van der Waals surface area contributed by atoms with Crippen molar-refractivity contribution in [2.45, 2.75) is 31.9 Å². The van der Waals surface area contributed by atoms with E-state index in [-0.39, 0.29) is 17.2 Å². The molecule has 5 nitrogen and oxygen atoms in total. The van der Waals surface area contributed by atoms with E-state index < -0.39 is 23.1 Å². The number of carbonyl (C=O) groups is 2. The number of likely N-dealkylation sites (tertiary alicyclic amines) is 1. The zero-order valence-corrected chi connectivity index (χ0v) is 19.5. The Hall–Kier alpha value is -3.74. The summed E-state index contributed by atoms with van der Waals surface area (Å²) in [7, 11) is 0.